The van der Waals surface area contributed by atoms with Crippen molar-refractivity contribution in [3.05, 3.63) is 40.8 Å². The number of hydrogen-bond donors (Lipinski definition) is 3. The summed E-state index contributed by atoms with van der Waals surface area (Å²) >= 11 is 1.41. The lowest BCUT2D eigenvalue weighted by molar-refractivity contribution is 0.470. The maximum Gasteiger partial charge on any atom is 0.241 e. The topological polar surface area (TPSA) is 97.1 Å². The molecule has 0 unspecified atom stereocenters. The van der Waals surface area contributed by atoms with Crippen LogP contribution in [0.5, 0.6) is 0 Å². The molecule has 108 valence electrons. The Bertz CT molecular complexity index is 664. The van der Waals surface area contributed by atoms with Crippen LogP contribution in [-0.2, 0) is 15.6 Å². The van der Waals surface area contributed by atoms with Crippen LogP contribution < -0.4 is 16.0 Å². The molecule has 2 aromatic rings. The van der Waals surface area contributed by atoms with Gasteiger partial charge in [-0.15, -0.1) is 11.3 Å². The third kappa shape index (κ3) is 3.15. The van der Waals surface area contributed by atoms with Crippen molar-refractivity contribution in [3.8, 4) is 0 Å². The Morgan fingerprint density at radius 2 is 1.90 bits per heavy atom. The molecule has 0 radical (unpaired) electrons. The summed E-state index contributed by atoms with van der Waals surface area (Å²) in [6.45, 7) is 3.55. The number of anilines is 1. The van der Waals surface area contributed by atoms with E-state index in [1.54, 1.807) is 32.2 Å². The average Bonchev–Trinajstić information content (AvgIpc) is 2.92. The highest BCUT2D eigenvalue weighted by Crippen LogP contribution is 2.25. The molecule has 0 bridgehead atoms. The van der Waals surface area contributed by atoms with E-state index in [4.69, 9.17) is 5.84 Å². The van der Waals surface area contributed by atoms with E-state index >= 15 is 0 Å². The fourth-order valence-corrected chi connectivity index (χ4v) is 3.86. The number of hydrazine groups is 1. The van der Waals surface area contributed by atoms with Crippen molar-refractivity contribution >= 4 is 27.0 Å². The zero-order valence-electron chi connectivity index (χ0n) is 11.1. The largest absolute Gasteiger partial charge is 0.324 e. The number of thiazole rings is 1. The first-order valence-corrected chi connectivity index (χ1v) is 8.22. The highest BCUT2D eigenvalue weighted by Gasteiger charge is 2.29. The van der Waals surface area contributed by atoms with Crippen molar-refractivity contribution in [2.24, 2.45) is 5.84 Å². The van der Waals surface area contributed by atoms with Gasteiger partial charge >= 0.3 is 0 Å². The van der Waals surface area contributed by atoms with Gasteiger partial charge in [0.15, 0.2) is 0 Å². The Labute approximate surface area is 122 Å². The summed E-state index contributed by atoms with van der Waals surface area (Å²) in [6, 6.07) is 6.20. The number of nitrogens with zero attached hydrogens (tertiary/aromatic N) is 1. The second-order valence-electron chi connectivity index (χ2n) is 4.74. The van der Waals surface area contributed by atoms with Gasteiger partial charge in [0, 0.05) is 17.3 Å². The number of rotatable bonds is 5. The summed E-state index contributed by atoms with van der Waals surface area (Å²) < 4.78 is 27.4. The molecule has 0 fully saturated rings. The number of nitrogens with one attached hydrogen (secondary N) is 2. The quantitative estimate of drug-likeness (QED) is 0.576. The Balaban J connectivity index is 2.26. The predicted octanol–water partition coefficient (Wildman–Crippen LogP) is 1.64. The fraction of sp³-hybridized carbons (Fsp3) is 0.250. The summed E-state index contributed by atoms with van der Waals surface area (Å²) in [5, 5.41) is 2.52. The molecule has 1 aromatic heterocycles. The minimum Gasteiger partial charge on any atom is -0.324 e. The van der Waals surface area contributed by atoms with Crippen molar-refractivity contribution in [1.82, 2.24) is 9.71 Å². The summed E-state index contributed by atoms with van der Waals surface area (Å²) in [5.74, 6) is 5.25. The van der Waals surface area contributed by atoms with Crippen LogP contribution in [0.2, 0.25) is 0 Å². The summed E-state index contributed by atoms with van der Waals surface area (Å²) in [4.78, 5) is 4.34. The molecule has 0 saturated carbocycles. The van der Waals surface area contributed by atoms with Gasteiger partial charge in [-0.05, 0) is 38.1 Å². The molecule has 0 atom stereocenters. The SMILES string of the molecule is CC(C)(NS(=O)(=O)c1ccc(NN)cc1)c1nccs1. The van der Waals surface area contributed by atoms with Crippen LogP contribution in [-0.4, -0.2) is 13.4 Å². The van der Waals surface area contributed by atoms with E-state index in [2.05, 4.69) is 15.1 Å². The van der Waals surface area contributed by atoms with Crippen molar-refractivity contribution in [2.45, 2.75) is 24.3 Å². The van der Waals surface area contributed by atoms with Gasteiger partial charge in [0.25, 0.3) is 0 Å². The van der Waals surface area contributed by atoms with E-state index in [1.165, 1.54) is 23.5 Å². The molecule has 4 N–H and O–H groups in total. The van der Waals surface area contributed by atoms with E-state index in [9.17, 15) is 8.42 Å². The second kappa shape index (κ2) is 5.49. The standard InChI is InChI=1S/C12H16N4O2S2/c1-12(2,11-14-7-8-19-11)16-20(17,18)10-5-3-9(15-13)4-6-10/h3-8,15-16H,13H2,1-2H3. The summed E-state index contributed by atoms with van der Waals surface area (Å²) in [6.07, 6.45) is 1.65. The molecule has 20 heavy (non-hydrogen) atoms. The Kier molecular flexibility index (Phi) is 4.09. The lowest BCUT2D eigenvalue weighted by Gasteiger charge is -2.23. The third-order valence-electron chi connectivity index (χ3n) is 2.69. The number of nitrogen functional groups attached to an aromatic ring is 1. The van der Waals surface area contributed by atoms with Gasteiger partial charge in [-0.25, -0.2) is 13.4 Å². The molecular formula is C12H16N4O2S2. The van der Waals surface area contributed by atoms with Gasteiger partial charge in [0.2, 0.25) is 10.0 Å². The molecule has 1 aromatic carbocycles. The molecule has 0 aliphatic rings. The number of sulfonamides is 1. The lowest BCUT2D eigenvalue weighted by Crippen LogP contribution is -2.40. The van der Waals surface area contributed by atoms with Crippen LogP contribution >= 0.6 is 11.3 Å². The maximum atomic E-state index is 12.4. The molecule has 1 heterocycles. The first-order chi connectivity index (χ1) is 9.35. The van der Waals surface area contributed by atoms with Gasteiger partial charge in [-0.3, -0.25) is 5.84 Å². The first kappa shape index (κ1) is 14.9. The molecule has 6 nitrogen and oxygen atoms in total. The first-order valence-electron chi connectivity index (χ1n) is 5.86. The normalized spacial score (nSPS) is 12.3. The van der Waals surface area contributed by atoms with Crippen LogP contribution in [0.25, 0.3) is 0 Å². The van der Waals surface area contributed by atoms with Gasteiger partial charge < -0.3 is 5.43 Å². The number of aromatic nitrogens is 1. The zero-order chi connectivity index (χ0) is 14.8. The number of nitrogens with two attached hydrogens (primary N) is 1. The lowest BCUT2D eigenvalue weighted by atomic mass is 10.1. The molecule has 0 amide bonds. The van der Waals surface area contributed by atoms with Crippen molar-refractivity contribution in [2.75, 3.05) is 5.43 Å². The average molecular weight is 312 g/mol. The van der Waals surface area contributed by atoms with Crippen LogP contribution in [0.3, 0.4) is 0 Å². The molecule has 8 heteroatoms. The smallest absolute Gasteiger partial charge is 0.241 e. The van der Waals surface area contributed by atoms with Crippen LogP contribution in [0.4, 0.5) is 5.69 Å². The Morgan fingerprint density at radius 3 is 2.40 bits per heavy atom. The van der Waals surface area contributed by atoms with E-state index in [1.807, 2.05) is 5.38 Å². The molecule has 0 aliphatic carbocycles. The van der Waals surface area contributed by atoms with Gasteiger partial charge in [-0.2, -0.15) is 4.72 Å². The fourth-order valence-electron chi connectivity index (χ4n) is 1.70. The zero-order valence-corrected chi connectivity index (χ0v) is 12.8. The highest BCUT2D eigenvalue weighted by atomic mass is 32.2. The predicted molar refractivity (Wildman–Crippen MR) is 79.7 cm³/mol. The molecule has 2 rings (SSSR count). The van der Waals surface area contributed by atoms with Gasteiger partial charge in [-0.1, -0.05) is 0 Å². The molecular weight excluding hydrogens is 296 g/mol. The highest BCUT2D eigenvalue weighted by molar-refractivity contribution is 7.89. The minimum atomic E-state index is -3.62. The monoisotopic (exact) mass is 312 g/mol. The summed E-state index contributed by atoms with van der Waals surface area (Å²) in [7, 11) is -3.62. The van der Waals surface area contributed by atoms with Crippen LogP contribution in [0, 0.1) is 0 Å². The summed E-state index contributed by atoms with van der Waals surface area (Å²) in [5.41, 5.74) is 2.33. The second-order valence-corrected chi connectivity index (χ2v) is 7.31. The molecule has 0 aliphatic heterocycles. The number of benzene rings is 1. The van der Waals surface area contributed by atoms with Crippen molar-refractivity contribution in [1.29, 1.82) is 0 Å². The maximum absolute atomic E-state index is 12.4. The Hall–Kier alpha value is -1.48. The van der Waals surface area contributed by atoms with Gasteiger partial charge in [0.1, 0.15) is 5.01 Å². The Morgan fingerprint density at radius 1 is 1.25 bits per heavy atom. The third-order valence-corrected chi connectivity index (χ3v) is 5.46. The minimum absolute atomic E-state index is 0.182. The van der Waals surface area contributed by atoms with E-state index in [-0.39, 0.29) is 4.90 Å². The van der Waals surface area contributed by atoms with Crippen molar-refractivity contribution in [3.63, 3.8) is 0 Å². The molecule has 0 spiro atoms. The van der Waals surface area contributed by atoms with E-state index < -0.39 is 15.6 Å². The van der Waals surface area contributed by atoms with E-state index in [0.29, 0.717) is 10.7 Å². The van der Waals surface area contributed by atoms with E-state index in [0.717, 1.165) is 0 Å². The van der Waals surface area contributed by atoms with Gasteiger partial charge in [0.05, 0.1) is 10.4 Å². The number of hydrogen-bond acceptors (Lipinski definition) is 6. The van der Waals surface area contributed by atoms with Crippen LogP contribution in [0.15, 0.2) is 40.7 Å². The van der Waals surface area contributed by atoms with Crippen LogP contribution in [0.1, 0.15) is 18.9 Å². The van der Waals surface area contributed by atoms with Crippen molar-refractivity contribution < 1.29 is 8.42 Å². The molecule has 0 saturated heterocycles.